The number of carbonyl (C=O) groups is 3. The average molecular weight is 444 g/mol. The van der Waals surface area contributed by atoms with Crippen molar-refractivity contribution < 1.29 is 24.2 Å². The molecule has 0 aromatic heterocycles. The molecule has 168 valence electrons. The number of aliphatic carboxylic acids is 1. The predicted molar refractivity (Wildman–Crippen MR) is 120 cm³/mol. The maximum Gasteiger partial charge on any atom is 0.407 e. The highest BCUT2D eigenvalue weighted by atomic mass is 16.5. The Morgan fingerprint density at radius 3 is 2.36 bits per heavy atom. The van der Waals surface area contributed by atoms with E-state index in [0.29, 0.717) is 6.42 Å². The van der Waals surface area contributed by atoms with E-state index in [2.05, 4.69) is 40.8 Å². The standard InChI is InChI=1S/C26H24N2O5/c29-23(30)10-5-11-27-24(31)26-13-16(26)12-17(14-26)28-25(32)33-15-22-20-8-3-1-6-18(20)19-7-2-4-9-21(19)22/h1-4,6-9,16-17,22H,11-15H2,(H,27,31)(H,28,32)(H,29,30)/t16-,17+,26+/m1/s1. The second kappa shape index (κ2) is 8.28. The molecule has 2 fully saturated rings. The van der Waals surface area contributed by atoms with E-state index >= 15 is 0 Å². The Morgan fingerprint density at radius 2 is 1.70 bits per heavy atom. The van der Waals surface area contributed by atoms with Crippen LogP contribution in [0.3, 0.4) is 0 Å². The van der Waals surface area contributed by atoms with Crippen molar-refractivity contribution in [2.75, 3.05) is 13.2 Å². The summed E-state index contributed by atoms with van der Waals surface area (Å²) >= 11 is 0. The first kappa shape index (κ1) is 21.1. The predicted octanol–water partition coefficient (Wildman–Crippen LogP) is 2.90. The molecule has 2 amide bonds. The Balaban J connectivity index is 1.15. The van der Waals surface area contributed by atoms with E-state index in [0.717, 1.165) is 24.0 Å². The lowest BCUT2D eigenvalue weighted by Crippen LogP contribution is -2.38. The highest BCUT2D eigenvalue weighted by Gasteiger charge is 2.65. The van der Waals surface area contributed by atoms with Crippen LogP contribution < -0.4 is 10.6 Å². The van der Waals surface area contributed by atoms with Crippen molar-refractivity contribution in [3.8, 4) is 23.0 Å². The molecule has 2 aromatic rings. The van der Waals surface area contributed by atoms with Crippen LogP contribution in [0.5, 0.6) is 0 Å². The molecule has 2 aromatic carbocycles. The topological polar surface area (TPSA) is 105 Å². The molecule has 0 heterocycles. The molecule has 0 unspecified atom stereocenters. The number of amides is 2. The third-order valence-electron chi connectivity index (χ3n) is 7.06. The molecule has 0 bridgehead atoms. The second-order valence-corrected chi connectivity index (χ2v) is 8.95. The van der Waals surface area contributed by atoms with E-state index in [1.165, 1.54) is 11.1 Å². The number of ether oxygens (including phenoxy) is 1. The van der Waals surface area contributed by atoms with Crippen LogP contribution >= 0.6 is 0 Å². The van der Waals surface area contributed by atoms with Crippen LogP contribution in [0.15, 0.2) is 48.5 Å². The normalized spacial score (nSPS) is 23.9. The summed E-state index contributed by atoms with van der Waals surface area (Å²) in [6.45, 7) is 0.258. The van der Waals surface area contributed by atoms with Crippen molar-refractivity contribution in [3.05, 3.63) is 59.7 Å². The minimum absolute atomic E-state index is 0.00385. The van der Waals surface area contributed by atoms with Gasteiger partial charge >= 0.3 is 12.1 Å². The Morgan fingerprint density at radius 1 is 1.03 bits per heavy atom. The number of nitrogens with one attached hydrogen (secondary N) is 2. The fourth-order valence-electron chi connectivity index (χ4n) is 5.51. The minimum atomic E-state index is -1.22. The molecule has 3 aliphatic rings. The summed E-state index contributed by atoms with van der Waals surface area (Å²) in [5.41, 5.74) is 4.20. The van der Waals surface area contributed by atoms with Gasteiger partial charge in [-0.25, -0.2) is 9.59 Å². The van der Waals surface area contributed by atoms with Crippen LogP contribution in [0.25, 0.3) is 11.1 Å². The van der Waals surface area contributed by atoms with Crippen LogP contribution in [0.1, 0.15) is 36.3 Å². The SMILES string of the molecule is O=C(O)C#CCNC(=O)[C@@]12C[C@@H](NC(=O)OCC3c4ccccc4-c4ccccc43)C[C@@H]1C2. The Bertz CT molecular complexity index is 1150. The molecular formula is C26H24N2O5. The van der Waals surface area contributed by atoms with E-state index in [9.17, 15) is 14.4 Å². The number of carboxylic acids is 1. The molecule has 33 heavy (non-hydrogen) atoms. The first-order valence-corrected chi connectivity index (χ1v) is 11.1. The van der Waals surface area contributed by atoms with Gasteiger partial charge in [-0.3, -0.25) is 4.79 Å². The molecule has 3 N–H and O–H groups in total. The zero-order chi connectivity index (χ0) is 23.0. The van der Waals surface area contributed by atoms with E-state index in [1.807, 2.05) is 30.2 Å². The van der Waals surface area contributed by atoms with Crippen molar-refractivity contribution >= 4 is 18.0 Å². The van der Waals surface area contributed by atoms with Gasteiger partial charge in [-0.05, 0) is 47.4 Å². The quantitative estimate of drug-likeness (QED) is 0.615. The second-order valence-electron chi connectivity index (χ2n) is 8.95. The van der Waals surface area contributed by atoms with E-state index in [4.69, 9.17) is 9.84 Å². The average Bonchev–Trinajstić information content (AvgIpc) is 3.23. The van der Waals surface area contributed by atoms with Gasteiger partial charge in [0.15, 0.2) is 0 Å². The van der Waals surface area contributed by atoms with Gasteiger partial charge in [0.1, 0.15) is 6.61 Å². The van der Waals surface area contributed by atoms with E-state index < -0.39 is 17.5 Å². The molecule has 3 atom stereocenters. The van der Waals surface area contributed by atoms with Crippen LogP contribution in [0, 0.1) is 23.2 Å². The smallest absolute Gasteiger partial charge is 0.407 e. The van der Waals surface area contributed by atoms with Gasteiger partial charge in [-0.15, -0.1) is 0 Å². The lowest BCUT2D eigenvalue weighted by molar-refractivity contribution is -0.130. The van der Waals surface area contributed by atoms with Crippen molar-refractivity contribution in [2.24, 2.45) is 11.3 Å². The number of rotatable bonds is 5. The summed E-state index contributed by atoms with van der Waals surface area (Å²) in [6.07, 6.45) is 1.61. The van der Waals surface area contributed by atoms with Crippen LogP contribution in [-0.2, 0) is 14.3 Å². The number of fused-ring (bicyclic) bond motifs is 4. The summed E-state index contributed by atoms with van der Waals surface area (Å²) < 4.78 is 5.62. The van der Waals surface area contributed by atoms with Crippen molar-refractivity contribution in [1.82, 2.24) is 10.6 Å². The molecule has 3 aliphatic carbocycles. The zero-order valence-electron chi connectivity index (χ0n) is 18.0. The molecule has 0 radical (unpaired) electrons. The fourth-order valence-corrected chi connectivity index (χ4v) is 5.51. The van der Waals surface area contributed by atoms with Crippen molar-refractivity contribution in [1.29, 1.82) is 0 Å². The van der Waals surface area contributed by atoms with Crippen molar-refractivity contribution in [3.63, 3.8) is 0 Å². The summed E-state index contributed by atoms with van der Waals surface area (Å²) in [5, 5.41) is 14.2. The van der Waals surface area contributed by atoms with E-state index in [1.54, 1.807) is 0 Å². The highest BCUT2D eigenvalue weighted by Crippen LogP contribution is 2.63. The van der Waals surface area contributed by atoms with Gasteiger partial charge in [0.2, 0.25) is 5.91 Å². The van der Waals surface area contributed by atoms with Crippen molar-refractivity contribution in [2.45, 2.75) is 31.2 Å². The van der Waals surface area contributed by atoms with Gasteiger partial charge in [-0.1, -0.05) is 54.5 Å². The van der Waals surface area contributed by atoms with Crippen LogP contribution in [-0.4, -0.2) is 42.3 Å². The minimum Gasteiger partial charge on any atom is -0.472 e. The molecule has 7 heteroatoms. The van der Waals surface area contributed by atoms with Gasteiger partial charge in [0.05, 0.1) is 12.0 Å². The number of carboxylic acid groups (broad SMARTS) is 1. The molecular weight excluding hydrogens is 420 g/mol. The zero-order valence-corrected chi connectivity index (χ0v) is 18.0. The lowest BCUT2D eigenvalue weighted by atomic mass is 9.98. The lowest BCUT2D eigenvalue weighted by Gasteiger charge is -2.19. The summed E-state index contributed by atoms with van der Waals surface area (Å²) in [7, 11) is 0. The molecule has 0 saturated heterocycles. The maximum atomic E-state index is 12.5. The van der Waals surface area contributed by atoms with E-state index in [-0.39, 0.29) is 36.9 Å². The molecule has 0 aliphatic heterocycles. The first-order chi connectivity index (χ1) is 16.0. The van der Waals surface area contributed by atoms with Gasteiger partial charge in [0.25, 0.3) is 0 Å². The summed E-state index contributed by atoms with van der Waals surface area (Å²) in [4.78, 5) is 35.5. The summed E-state index contributed by atoms with van der Waals surface area (Å²) in [5.74, 6) is 3.27. The Labute approximate surface area is 191 Å². The first-order valence-electron chi connectivity index (χ1n) is 11.1. The fraction of sp³-hybridized carbons (Fsp3) is 0.346. The number of benzene rings is 2. The number of hydrogen-bond donors (Lipinski definition) is 3. The molecule has 0 spiro atoms. The number of alkyl carbamates (subject to hydrolysis) is 1. The molecule has 2 saturated carbocycles. The third-order valence-corrected chi connectivity index (χ3v) is 7.06. The highest BCUT2D eigenvalue weighted by molar-refractivity contribution is 5.88. The number of carbonyl (C=O) groups excluding carboxylic acids is 2. The van der Waals surface area contributed by atoms with Crippen LogP contribution in [0.2, 0.25) is 0 Å². The number of hydrogen-bond acceptors (Lipinski definition) is 4. The largest absolute Gasteiger partial charge is 0.472 e. The monoisotopic (exact) mass is 444 g/mol. The Hall–Kier alpha value is -3.79. The van der Waals surface area contributed by atoms with Gasteiger partial charge < -0.3 is 20.5 Å². The third kappa shape index (κ3) is 3.93. The summed E-state index contributed by atoms with van der Waals surface area (Å²) in [6, 6.07) is 16.3. The Kier molecular flexibility index (Phi) is 5.29. The van der Waals surface area contributed by atoms with Gasteiger partial charge in [0, 0.05) is 17.9 Å². The van der Waals surface area contributed by atoms with Gasteiger partial charge in [-0.2, -0.15) is 0 Å². The molecule has 7 nitrogen and oxygen atoms in total. The van der Waals surface area contributed by atoms with Crippen LogP contribution in [0.4, 0.5) is 4.79 Å². The molecule has 5 rings (SSSR count). The maximum absolute atomic E-state index is 12.5.